The maximum absolute atomic E-state index is 12.5. The van der Waals surface area contributed by atoms with Gasteiger partial charge in [-0.15, -0.1) is 0 Å². The molecule has 8 heteroatoms. The largest absolute Gasteiger partial charge is 0.381 e. The number of primary amides is 1. The zero-order chi connectivity index (χ0) is 19.5. The number of carbonyl (C=O) groups is 2. The van der Waals surface area contributed by atoms with Gasteiger partial charge in [0.15, 0.2) is 11.6 Å². The third kappa shape index (κ3) is 3.82. The molecule has 0 bridgehead atoms. The molecule has 1 saturated heterocycles. The van der Waals surface area contributed by atoms with E-state index < -0.39 is 5.91 Å². The van der Waals surface area contributed by atoms with E-state index in [2.05, 4.69) is 15.3 Å². The van der Waals surface area contributed by atoms with Gasteiger partial charge in [-0.25, -0.2) is 9.97 Å². The molecule has 0 radical (unpaired) electrons. The van der Waals surface area contributed by atoms with Crippen LogP contribution < -0.4 is 16.0 Å². The first-order chi connectivity index (χ1) is 13.6. The highest BCUT2D eigenvalue weighted by molar-refractivity contribution is 6.01. The number of nitrogens with zero attached hydrogens (tertiary/aromatic N) is 3. The number of anilines is 2. The quantitative estimate of drug-likeness (QED) is 0.817. The lowest BCUT2D eigenvalue weighted by Crippen LogP contribution is -2.42. The van der Waals surface area contributed by atoms with Crippen LogP contribution in [0.15, 0.2) is 30.5 Å². The number of nitrogens with one attached hydrogen (secondary N) is 1. The van der Waals surface area contributed by atoms with Crippen molar-refractivity contribution in [2.24, 2.45) is 11.7 Å². The first kappa shape index (κ1) is 18.4. The first-order valence-corrected chi connectivity index (χ1v) is 9.51. The minimum atomic E-state index is -0.497. The lowest BCUT2D eigenvalue weighted by molar-refractivity contribution is -0.117. The van der Waals surface area contributed by atoms with Crippen molar-refractivity contribution in [3.05, 3.63) is 36.0 Å². The molecule has 28 heavy (non-hydrogen) atoms. The van der Waals surface area contributed by atoms with Crippen LogP contribution in [0.4, 0.5) is 11.6 Å². The van der Waals surface area contributed by atoms with Gasteiger partial charge in [0.25, 0.3) is 0 Å². The van der Waals surface area contributed by atoms with E-state index in [1.54, 1.807) is 29.3 Å². The summed E-state index contributed by atoms with van der Waals surface area (Å²) < 4.78 is 5.41. The first-order valence-electron chi connectivity index (χ1n) is 9.51. The summed E-state index contributed by atoms with van der Waals surface area (Å²) in [4.78, 5) is 34.8. The number of benzene rings is 1. The molecule has 150 valence electrons. The van der Waals surface area contributed by atoms with Crippen LogP contribution in [0.2, 0.25) is 0 Å². The zero-order valence-corrected chi connectivity index (χ0v) is 15.6. The summed E-state index contributed by atoms with van der Waals surface area (Å²) in [6, 6.07) is 6.93. The van der Waals surface area contributed by atoms with Crippen LogP contribution in [0, 0.1) is 5.92 Å². The molecule has 1 aromatic heterocycles. The summed E-state index contributed by atoms with van der Waals surface area (Å²) in [7, 11) is 0. The second-order valence-electron chi connectivity index (χ2n) is 7.12. The van der Waals surface area contributed by atoms with Crippen LogP contribution in [0.5, 0.6) is 0 Å². The Bertz CT molecular complexity index is 906. The molecule has 1 fully saturated rings. The van der Waals surface area contributed by atoms with Crippen molar-refractivity contribution >= 4 is 23.5 Å². The monoisotopic (exact) mass is 385 g/mol. The van der Waals surface area contributed by atoms with Gasteiger partial charge in [0.2, 0.25) is 11.8 Å². The Morgan fingerprint density at radius 2 is 2.18 bits per heavy atom. The average molecular weight is 385 g/mol. The van der Waals surface area contributed by atoms with Crippen LogP contribution in [-0.2, 0) is 9.53 Å². The summed E-state index contributed by atoms with van der Waals surface area (Å²) in [6.45, 7) is 2.40. The van der Waals surface area contributed by atoms with Gasteiger partial charge in [-0.05, 0) is 37.3 Å². The molecule has 2 aliphatic heterocycles. The van der Waals surface area contributed by atoms with Crippen molar-refractivity contribution < 1.29 is 17.2 Å². The summed E-state index contributed by atoms with van der Waals surface area (Å²) in [6.07, 6.45) is 4.60. The summed E-state index contributed by atoms with van der Waals surface area (Å²) in [5.74, 6) is 1.18. The Balaban J connectivity index is 0.00000160. The molecule has 3 heterocycles. The van der Waals surface area contributed by atoms with Crippen LogP contribution in [0.3, 0.4) is 0 Å². The van der Waals surface area contributed by atoms with Crippen molar-refractivity contribution in [1.29, 1.82) is 0 Å². The fourth-order valence-electron chi connectivity index (χ4n) is 3.61. The van der Waals surface area contributed by atoms with Gasteiger partial charge in [-0.3, -0.25) is 14.5 Å². The highest BCUT2D eigenvalue weighted by atomic mass is 16.5. The predicted octanol–water partition coefficient (Wildman–Crippen LogP) is 2.31. The Morgan fingerprint density at radius 3 is 2.96 bits per heavy atom. The van der Waals surface area contributed by atoms with E-state index in [-0.39, 0.29) is 15.3 Å². The Hall–Kier alpha value is -3.00. The number of carbonyl (C=O) groups excluding carboxylic acids is 2. The van der Waals surface area contributed by atoms with E-state index in [1.807, 2.05) is 6.07 Å². The maximum atomic E-state index is 12.5. The standard InChI is InChI=1S/C20H23N5O3.2H2/c21-18(27)15-3-1-2-14(10-15)16-11-22-19-20(24-16)25(17(26)12-23-19)7-4-13-5-8-28-9-6-13;;/h1-3,10-11,13H,4-9,12H2,(H2,21,27)(H,22,23);2*1H. The molecule has 2 aliphatic rings. The molecule has 2 aromatic rings. The predicted molar refractivity (Wildman–Crippen MR) is 109 cm³/mol. The number of ether oxygens (including phenoxy) is 1. The second-order valence-corrected chi connectivity index (χ2v) is 7.12. The Labute approximate surface area is 166 Å². The molecule has 0 unspecified atom stereocenters. The van der Waals surface area contributed by atoms with Gasteiger partial charge >= 0.3 is 0 Å². The van der Waals surface area contributed by atoms with Gasteiger partial charge in [-0.1, -0.05) is 12.1 Å². The highest BCUT2D eigenvalue weighted by Crippen LogP contribution is 2.30. The van der Waals surface area contributed by atoms with Crippen LogP contribution in [0.1, 0.15) is 32.5 Å². The van der Waals surface area contributed by atoms with Crippen LogP contribution in [0.25, 0.3) is 11.3 Å². The SMILES string of the molecule is NC(=O)c1cccc(-c2cnc3c(n2)N(CCC2CCOCC2)C(=O)CN3)c1.[HH].[HH]. The van der Waals surface area contributed by atoms with Gasteiger partial charge in [0, 0.05) is 33.7 Å². The van der Waals surface area contributed by atoms with E-state index in [9.17, 15) is 9.59 Å². The van der Waals surface area contributed by atoms with Gasteiger partial charge in [0.1, 0.15) is 0 Å². The molecular formula is C20H27N5O3. The number of hydrogen-bond donors (Lipinski definition) is 2. The second kappa shape index (κ2) is 7.93. The van der Waals surface area contributed by atoms with Gasteiger partial charge in [-0.2, -0.15) is 0 Å². The smallest absolute Gasteiger partial charge is 0.248 e. The molecule has 3 N–H and O–H groups in total. The molecule has 0 atom stereocenters. The number of nitrogens with two attached hydrogens (primary N) is 1. The fraction of sp³-hybridized carbons (Fsp3) is 0.400. The molecule has 0 spiro atoms. The van der Waals surface area contributed by atoms with Gasteiger partial charge in [0.05, 0.1) is 18.4 Å². The number of amides is 2. The minimum absolute atomic E-state index is 0. The van der Waals surface area contributed by atoms with Crippen molar-refractivity contribution in [3.63, 3.8) is 0 Å². The number of fused-ring (bicyclic) bond motifs is 1. The molecule has 1 aromatic carbocycles. The fourth-order valence-corrected chi connectivity index (χ4v) is 3.61. The lowest BCUT2D eigenvalue weighted by atomic mass is 9.96. The molecule has 2 amide bonds. The molecule has 0 saturated carbocycles. The van der Waals surface area contributed by atoms with Crippen molar-refractivity contribution in [3.8, 4) is 11.3 Å². The third-order valence-corrected chi connectivity index (χ3v) is 5.26. The van der Waals surface area contributed by atoms with E-state index >= 15 is 0 Å². The van der Waals surface area contributed by atoms with E-state index in [0.717, 1.165) is 38.0 Å². The third-order valence-electron chi connectivity index (χ3n) is 5.26. The average Bonchev–Trinajstić information content (AvgIpc) is 2.73. The zero-order valence-electron chi connectivity index (χ0n) is 15.6. The van der Waals surface area contributed by atoms with Crippen molar-refractivity contribution in [1.82, 2.24) is 9.97 Å². The van der Waals surface area contributed by atoms with Gasteiger partial charge < -0.3 is 15.8 Å². The lowest BCUT2D eigenvalue weighted by Gasteiger charge is -2.30. The van der Waals surface area contributed by atoms with E-state index in [1.165, 1.54) is 0 Å². The number of aromatic nitrogens is 2. The van der Waals surface area contributed by atoms with E-state index in [0.29, 0.717) is 35.4 Å². The molecule has 4 rings (SSSR count). The molecule has 8 nitrogen and oxygen atoms in total. The molecule has 0 aliphatic carbocycles. The highest BCUT2D eigenvalue weighted by Gasteiger charge is 2.28. The maximum Gasteiger partial charge on any atom is 0.248 e. The summed E-state index contributed by atoms with van der Waals surface area (Å²) in [5, 5.41) is 3.03. The normalized spacial score (nSPS) is 17.1. The van der Waals surface area contributed by atoms with Crippen molar-refractivity contribution in [2.45, 2.75) is 19.3 Å². The number of hydrogen-bond acceptors (Lipinski definition) is 6. The van der Waals surface area contributed by atoms with Crippen molar-refractivity contribution in [2.75, 3.05) is 36.5 Å². The Morgan fingerprint density at radius 1 is 1.36 bits per heavy atom. The van der Waals surface area contributed by atoms with Crippen LogP contribution in [-0.4, -0.2) is 48.1 Å². The Kier molecular flexibility index (Phi) is 5.21. The number of rotatable bonds is 5. The minimum Gasteiger partial charge on any atom is -0.381 e. The molecular weight excluding hydrogens is 358 g/mol. The topological polar surface area (TPSA) is 110 Å². The van der Waals surface area contributed by atoms with Crippen LogP contribution >= 0.6 is 0 Å². The summed E-state index contributed by atoms with van der Waals surface area (Å²) >= 11 is 0. The summed E-state index contributed by atoms with van der Waals surface area (Å²) in [5.41, 5.74) is 7.10. The van der Waals surface area contributed by atoms with E-state index in [4.69, 9.17) is 10.5 Å².